The van der Waals surface area contributed by atoms with Crippen molar-refractivity contribution in [3.05, 3.63) is 39.8 Å². The molecular weight excluding hydrogens is 420 g/mol. The number of thioether (sulfide) groups is 1. The van der Waals surface area contributed by atoms with Gasteiger partial charge in [0.15, 0.2) is 9.47 Å². The van der Waals surface area contributed by atoms with Gasteiger partial charge in [0.05, 0.1) is 16.4 Å². The molecule has 1 aliphatic carbocycles. The summed E-state index contributed by atoms with van der Waals surface area (Å²) >= 11 is 4.02. The van der Waals surface area contributed by atoms with Crippen molar-refractivity contribution in [1.29, 1.82) is 0 Å². The van der Waals surface area contributed by atoms with Gasteiger partial charge in [-0.25, -0.2) is 4.98 Å². The third-order valence-corrected chi connectivity index (χ3v) is 6.49. The third-order valence-electron chi connectivity index (χ3n) is 3.74. The number of amides is 1. The van der Waals surface area contributed by atoms with Crippen molar-refractivity contribution in [1.82, 2.24) is 15.2 Å². The molecule has 1 fully saturated rings. The fraction of sp³-hybridized carbons (Fsp3) is 0.250. The normalized spacial score (nSPS) is 13.3. The number of nitro groups is 1. The Morgan fingerprint density at radius 1 is 1.32 bits per heavy atom. The topological polar surface area (TPSA) is 123 Å². The van der Waals surface area contributed by atoms with E-state index in [1.807, 2.05) is 0 Å². The van der Waals surface area contributed by atoms with E-state index in [4.69, 9.17) is 0 Å². The number of aromatic nitrogens is 3. The monoisotopic (exact) mass is 434 g/mol. The number of non-ortho nitro benzene ring substituents is 1. The van der Waals surface area contributed by atoms with Crippen LogP contribution in [0.3, 0.4) is 0 Å². The van der Waals surface area contributed by atoms with Gasteiger partial charge in [0, 0.05) is 29.1 Å². The van der Waals surface area contributed by atoms with Crippen LogP contribution in [0.5, 0.6) is 0 Å². The Morgan fingerprint density at radius 3 is 2.96 bits per heavy atom. The number of nitrogens with zero attached hydrogens (tertiary/aromatic N) is 4. The first-order chi connectivity index (χ1) is 13.6. The summed E-state index contributed by atoms with van der Waals surface area (Å²) in [4.78, 5) is 26.9. The van der Waals surface area contributed by atoms with E-state index in [2.05, 4.69) is 25.8 Å². The minimum absolute atomic E-state index is 0.0000810. The second-order valence-electron chi connectivity index (χ2n) is 5.97. The molecule has 1 aromatic carbocycles. The summed E-state index contributed by atoms with van der Waals surface area (Å²) in [5.41, 5.74) is 1.21. The highest BCUT2D eigenvalue weighted by Gasteiger charge is 2.22. The number of nitro benzene ring substituents is 1. The van der Waals surface area contributed by atoms with Gasteiger partial charge in [-0.3, -0.25) is 14.9 Å². The van der Waals surface area contributed by atoms with Gasteiger partial charge in [-0.05, 0) is 12.8 Å². The molecule has 2 heterocycles. The Balaban J connectivity index is 1.32. The Bertz CT molecular complexity index is 1020. The van der Waals surface area contributed by atoms with E-state index >= 15 is 0 Å². The van der Waals surface area contributed by atoms with Crippen LogP contribution >= 0.6 is 34.4 Å². The van der Waals surface area contributed by atoms with Crippen molar-refractivity contribution in [3.63, 3.8) is 0 Å². The molecular formula is C16H14N6O3S3. The van der Waals surface area contributed by atoms with Crippen LogP contribution in [-0.2, 0) is 4.79 Å². The minimum Gasteiger partial charge on any atom is -0.357 e. The number of nitrogens with one attached hydrogen (secondary N) is 2. The van der Waals surface area contributed by atoms with Crippen LogP contribution in [0.25, 0.3) is 11.3 Å². The molecule has 0 spiro atoms. The molecule has 0 aliphatic heterocycles. The highest BCUT2D eigenvalue weighted by molar-refractivity contribution is 8.01. The van der Waals surface area contributed by atoms with E-state index in [-0.39, 0.29) is 17.3 Å². The number of hydrogen-bond acceptors (Lipinski definition) is 10. The van der Waals surface area contributed by atoms with Gasteiger partial charge < -0.3 is 10.6 Å². The van der Waals surface area contributed by atoms with Gasteiger partial charge in [0.25, 0.3) is 5.69 Å². The maximum Gasteiger partial charge on any atom is 0.270 e. The van der Waals surface area contributed by atoms with Crippen LogP contribution in [0.15, 0.2) is 34.0 Å². The number of benzene rings is 1. The van der Waals surface area contributed by atoms with Crippen LogP contribution < -0.4 is 10.6 Å². The molecule has 12 heteroatoms. The fourth-order valence-corrected chi connectivity index (χ4v) is 4.62. The molecule has 28 heavy (non-hydrogen) atoms. The lowest BCUT2D eigenvalue weighted by Crippen LogP contribution is -2.13. The van der Waals surface area contributed by atoms with Crippen molar-refractivity contribution in [2.24, 2.45) is 0 Å². The van der Waals surface area contributed by atoms with Crippen LogP contribution in [0.2, 0.25) is 0 Å². The Kier molecular flexibility index (Phi) is 5.50. The van der Waals surface area contributed by atoms with Crippen LogP contribution in [-0.4, -0.2) is 37.8 Å². The van der Waals surface area contributed by atoms with Crippen LogP contribution in [0.4, 0.5) is 16.0 Å². The summed E-state index contributed by atoms with van der Waals surface area (Å²) in [6, 6.07) is 6.75. The average Bonchev–Trinajstić information content (AvgIpc) is 3.18. The molecule has 2 aromatic heterocycles. The quantitative estimate of drug-likeness (QED) is 0.311. The van der Waals surface area contributed by atoms with E-state index < -0.39 is 4.92 Å². The number of anilines is 2. The lowest BCUT2D eigenvalue weighted by atomic mass is 10.1. The number of carbonyl (C=O) groups excluding carboxylic acids is 1. The lowest BCUT2D eigenvalue weighted by Gasteiger charge is -2.00. The standard InChI is InChI=1S/C16H14N6O3S3/c23-13(8-27-16-21-20-15(28-16)17-10-4-5-10)19-14-18-12(7-26-14)9-2-1-3-11(6-9)22(24)25/h1-3,6-7,10H,4-5,8H2,(H,17,20)(H,18,19,23). The largest absolute Gasteiger partial charge is 0.357 e. The van der Waals surface area contributed by atoms with E-state index in [1.54, 1.807) is 17.5 Å². The maximum atomic E-state index is 12.2. The predicted octanol–water partition coefficient (Wildman–Crippen LogP) is 3.87. The lowest BCUT2D eigenvalue weighted by molar-refractivity contribution is -0.384. The second-order valence-corrected chi connectivity index (χ2v) is 9.03. The number of thiazole rings is 1. The van der Waals surface area contributed by atoms with Gasteiger partial charge in [0.2, 0.25) is 11.0 Å². The summed E-state index contributed by atoms with van der Waals surface area (Å²) in [5.74, 6) is 0.000832. The molecule has 1 amide bonds. The summed E-state index contributed by atoms with van der Waals surface area (Å²) in [6.07, 6.45) is 2.33. The first-order valence-corrected chi connectivity index (χ1v) is 11.0. The molecule has 4 rings (SSSR count). The Hall–Kier alpha value is -2.57. The highest BCUT2D eigenvalue weighted by Crippen LogP contribution is 2.31. The SMILES string of the molecule is O=C(CSc1nnc(NC2CC2)s1)Nc1nc(-c2cccc([N+](=O)[O-])c2)cs1. The summed E-state index contributed by atoms with van der Waals surface area (Å²) in [6.45, 7) is 0. The van der Waals surface area contributed by atoms with Crippen molar-refractivity contribution in [2.45, 2.75) is 23.2 Å². The molecule has 0 bridgehead atoms. The average molecular weight is 435 g/mol. The molecule has 9 nitrogen and oxygen atoms in total. The van der Waals surface area contributed by atoms with E-state index in [0.29, 0.717) is 22.4 Å². The summed E-state index contributed by atoms with van der Waals surface area (Å²) in [7, 11) is 0. The first-order valence-electron chi connectivity index (χ1n) is 8.30. The molecule has 1 aliphatic rings. The van der Waals surface area contributed by atoms with Crippen molar-refractivity contribution in [3.8, 4) is 11.3 Å². The maximum absolute atomic E-state index is 12.2. The number of rotatable bonds is 8. The molecule has 0 atom stereocenters. The summed E-state index contributed by atoms with van der Waals surface area (Å²) < 4.78 is 0.731. The van der Waals surface area contributed by atoms with Crippen molar-refractivity contribution < 1.29 is 9.72 Å². The second kappa shape index (κ2) is 8.20. The van der Waals surface area contributed by atoms with E-state index in [0.717, 1.165) is 22.3 Å². The number of hydrogen-bond donors (Lipinski definition) is 2. The third kappa shape index (κ3) is 4.82. The molecule has 0 unspecified atom stereocenters. The van der Waals surface area contributed by atoms with Crippen molar-refractivity contribution >= 4 is 56.3 Å². The smallest absolute Gasteiger partial charge is 0.270 e. The molecule has 0 saturated heterocycles. The van der Waals surface area contributed by atoms with Gasteiger partial charge in [-0.15, -0.1) is 21.5 Å². The molecule has 144 valence electrons. The zero-order valence-electron chi connectivity index (χ0n) is 14.3. The molecule has 2 N–H and O–H groups in total. The Morgan fingerprint density at radius 2 is 2.18 bits per heavy atom. The van der Waals surface area contributed by atoms with Crippen LogP contribution in [0, 0.1) is 10.1 Å². The molecule has 0 radical (unpaired) electrons. The van der Waals surface area contributed by atoms with Crippen LogP contribution in [0.1, 0.15) is 12.8 Å². The summed E-state index contributed by atoms with van der Waals surface area (Å²) in [5, 5.41) is 28.0. The zero-order chi connectivity index (χ0) is 19.5. The van der Waals surface area contributed by atoms with Gasteiger partial charge in [-0.1, -0.05) is 35.2 Å². The van der Waals surface area contributed by atoms with E-state index in [9.17, 15) is 14.9 Å². The minimum atomic E-state index is -0.450. The zero-order valence-corrected chi connectivity index (χ0v) is 16.8. The predicted molar refractivity (Wildman–Crippen MR) is 110 cm³/mol. The first kappa shape index (κ1) is 18.8. The van der Waals surface area contributed by atoms with Crippen molar-refractivity contribution in [2.75, 3.05) is 16.4 Å². The van der Waals surface area contributed by atoms with Gasteiger partial charge in [0.1, 0.15) is 0 Å². The van der Waals surface area contributed by atoms with Gasteiger partial charge in [-0.2, -0.15) is 0 Å². The highest BCUT2D eigenvalue weighted by atomic mass is 32.2. The molecule has 3 aromatic rings. The van der Waals surface area contributed by atoms with Gasteiger partial charge >= 0.3 is 0 Å². The molecule has 1 saturated carbocycles. The Labute approximate surface area is 171 Å². The number of carbonyl (C=O) groups is 1. The van der Waals surface area contributed by atoms with E-state index in [1.165, 1.54) is 46.6 Å². The fourth-order valence-electron chi connectivity index (χ4n) is 2.25.